The molecule has 1 unspecified atom stereocenters. The Hall–Kier alpha value is -3.20. The zero-order valence-electron chi connectivity index (χ0n) is 19.1. The van der Waals surface area contributed by atoms with Gasteiger partial charge in [-0.2, -0.15) is 5.10 Å². The van der Waals surface area contributed by atoms with E-state index in [0.717, 1.165) is 57.6 Å². The number of thioether (sulfide) groups is 1. The fraction of sp³-hybridized carbons (Fsp3) is 0.222. The fourth-order valence-electron chi connectivity index (χ4n) is 4.66. The molecule has 0 radical (unpaired) electrons. The molecular formula is C27H25N5OS2. The van der Waals surface area contributed by atoms with Crippen molar-refractivity contribution >= 4 is 44.9 Å². The Balaban J connectivity index is 1.09. The molecule has 0 saturated carbocycles. The van der Waals surface area contributed by atoms with E-state index in [0.29, 0.717) is 5.75 Å². The molecule has 3 aromatic carbocycles. The summed E-state index contributed by atoms with van der Waals surface area (Å²) < 4.78 is 2.11. The Labute approximate surface area is 212 Å². The lowest BCUT2D eigenvalue weighted by Gasteiger charge is -2.41. The molecule has 1 fully saturated rings. The zero-order chi connectivity index (χ0) is 23.6. The summed E-state index contributed by atoms with van der Waals surface area (Å²) in [7, 11) is 0. The minimum atomic E-state index is 0.00744. The van der Waals surface area contributed by atoms with Crippen LogP contribution in [0.4, 0.5) is 0 Å². The molecule has 1 atom stereocenters. The lowest BCUT2D eigenvalue weighted by Crippen LogP contribution is -2.52. The number of carbonyl (C=O) groups is 1. The second-order valence-electron chi connectivity index (χ2n) is 8.60. The Kier molecular flexibility index (Phi) is 6.24. The van der Waals surface area contributed by atoms with Crippen molar-refractivity contribution in [3.05, 3.63) is 95.6 Å². The number of hydrazone groups is 1. The molecule has 176 valence electrons. The molecule has 4 aromatic rings. The SMILES string of the molecule is O=C(CSc1nc2ccccc2s1)N1CCN(C2NN=C(c3ccccc3)c3ccccc32)CC1. The van der Waals surface area contributed by atoms with Crippen molar-refractivity contribution in [3.8, 4) is 0 Å². The first-order chi connectivity index (χ1) is 17.3. The van der Waals surface area contributed by atoms with Crippen molar-refractivity contribution in [2.45, 2.75) is 10.5 Å². The molecule has 8 heteroatoms. The number of benzene rings is 3. The second kappa shape index (κ2) is 9.81. The van der Waals surface area contributed by atoms with E-state index in [1.807, 2.05) is 41.3 Å². The minimum absolute atomic E-state index is 0.00744. The standard InChI is InChI=1S/C27H25N5OS2/c33-24(18-34-27-28-22-12-6-7-13-23(22)35-27)31-14-16-32(17-15-31)26-21-11-5-4-10-20(21)25(29-30-26)19-8-2-1-3-9-19/h1-13,26,30H,14-18H2. The zero-order valence-corrected chi connectivity index (χ0v) is 20.8. The van der Waals surface area contributed by atoms with Gasteiger partial charge in [0, 0.05) is 37.3 Å². The van der Waals surface area contributed by atoms with Crippen LogP contribution in [0.2, 0.25) is 0 Å². The van der Waals surface area contributed by atoms with Crippen molar-refractivity contribution < 1.29 is 4.79 Å². The maximum atomic E-state index is 12.9. The highest BCUT2D eigenvalue weighted by molar-refractivity contribution is 8.01. The van der Waals surface area contributed by atoms with Gasteiger partial charge in [0.05, 0.1) is 21.7 Å². The number of piperazine rings is 1. The number of thiazole rings is 1. The maximum absolute atomic E-state index is 12.9. The van der Waals surface area contributed by atoms with Crippen molar-refractivity contribution in [1.82, 2.24) is 20.2 Å². The minimum Gasteiger partial charge on any atom is -0.339 e. The van der Waals surface area contributed by atoms with Gasteiger partial charge in [-0.05, 0) is 17.7 Å². The third-order valence-corrected chi connectivity index (χ3v) is 8.65. The van der Waals surface area contributed by atoms with Gasteiger partial charge < -0.3 is 4.90 Å². The molecule has 2 aliphatic rings. The lowest BCUT2D eigenvalue weighted by molar-refractivity contribution is -0.130. The van der Waals surface area contributed by atoms with Gasteiger partial charge in [0.25, 0.3) is 0 Å². The normalized spacial score (nSPS) is 18.1. The van der Waals surface area contributed by atoms with Crippen LogP contribution in [0.5, 0.6) is 0 Å². The van der Waals surface area contributed by atoms with Crippen LogP contribution < -0.4 is 5.43 Å². The van der Waals surface area contributed by atoms with Crippen LogP contribution in [-0.2, 0) is 4.79 Å². The molecule has 1 amide bonds. The van der Waals surface area contributed by atoms with Crippen molar-refractivity contribution in [1.29, 1.82) is 0 Å². The largest absolute Gasteiger partial charge is 0.339 e. The number of carbonyl (C=O) groups excluding carboxylic acids is 1. The Bertz CT molecular complexity index is 1350. The van der Waals surface area contributed by atoms with Gasteiger partial charge in [-0.1, -0.05) is 78.5 Å². The third-order valence-electron chi connectivity index (χ3n) is 6.48. The quantitative estimate of drug-likeness (QED) is 0.407. The number of nitrogens with zero attached hydrogens (tertiary/aromatic N) is 4. The molecule has 35 heavy (non-hydrogen) atoms. The van der Waals surface area contributed by atoms with Gasteiger partial charge in [0.1, 0.15) is 6.17 Å². The molecule has 0 spiro atoms. The summed E-state index contributed by atoms with van der Waals surface area (Å²) in [6, 6.07) is 26.9. The first kappa shape index (κ1) is 22.3. The molecule has 0 aliphatic carbocycles. The predicted octanol–water partition coefficient (Wildman–Crippen LogP) is 4.59. The smallest absolute Gasteiger partial charge is 0.233 e. The molecule has 6 nitrogen and oxygen atoms in total. The summed E-state index contributed by atoms with van der Waals surface area (Å²) >= 11 is 3.19. The monoisotopic (exact) mass is 499 g/mol. The van der Waals surface area contributed by atoms with Crippen LogP contribution >= 0.6 is 23.1 Å². The fourth-order valence-corrected chi connectivity index (χ4v) is 6.63. The number of para-hydroxylation sites is 1. The van der Waals surface area contributed by atoms with Gasteiger partial charge >= 0.3 is 0 Å². The number of amides is 1. The van der Waals surface area contributed by atoms with E-state index in [1.54, 1.807) is 11.3 Å². The Morgan fingerprint density at radius 2 is 1.69 bits per heavy atom. The molecule has 1 saturated heterocycles. The van der Waals surface area contributed by atoms with E-state index in [2.05, 4.69) is 57.8 Å². The van der Waals surface area contributed by atoms with Gasteiger partial charge in [-0.25, -0.2) is 4.98 Å². The molecule has 2 aliphatic heterocycles. The van der Waals surface area contributed by atoms with E-state index in [9.17, 15) is 4.79 Å². The summed E-state index contributed by atoms with van der Waals surface area (Å²) in [5.41, 5.74) is 8.86. The van der Waals surface area contributed by atoms with Gasteiger partial charge in [0.2, 0.25) is 5.91 Å². The highest BCUT2D eigenvalue weighted by Crippen LogP contribution is 2.31. The van der Waals surface area contributed by atoms with E-state index >= 15 is 0 Å². The van der Waals surface area contributed by atoms with Crippen molar-refractivity contribution in [3.63, 3.8) is 0 Å². The van der Waals surface area contributed by atoms with Crippen molar-refractivity contribution in [2.24, 2.45) is 5.10 Å². The number of hydrogen-bond donors (Lipinski definition) is 1. The number of nitrogens with one attached hydrogen (secondary N) is 1. The summed E-state index contributed by atoms with van der Waals surface area (Å²) in [5.74, 6) is 0.602. The third kappa shape index (κ3) is 4.57. The van der Waals surface area contributed by atoms with Crippen LogP contribution in [0, 0.1) is 0 Å². The molecule has 0 bridgehead atoms. The van der Waals surface area contributed by atoms with Crippen LogP contribution in [0.3, 0.4) is 0 Å². The van der Waals surface area contributed by atoms with Crippen LogP contribution in [0.15, 0.2) is 88.3 Å². The summed E-state index contributed by atoms with van der Waals surface area (Å²) in [6.07, 6.45) is 0.00744. The first-order valence-corrected chi connectivity index (χ1v) is 13.5. The maximum Gasteiger partial charge on any atom is 0.233 e. The number of fused-ring (bicyclic) bond motifs is 2. The molecule has 1 N–H and O–H groups in total. The summed E-state index contributed by atoms with van der Waals surface area (Å²) in [5, 5.41) is 4.77. The highest BCUT2D eigenvalue weighted by Gasteiger charge is 2.31. The predicted molar refractivity (Wildman–Crippen MR) is 143 cm³/mol. The van der Waals surface area contributed by atoms with Crippen LogP contribution in [0.1, 0.15) is 22.9 Å². The number of aromatic nitrogens is 1. The average molecular weight is 500 g/mol. The van der Waals surface area contributed by atoms with E-state index in [4.69, 9.17) is 5.10 Å². The average Bonchev–Trinajstić information content (AvgIpc) is 3.35. The topological polar surface area (TPSA) is 60.8 Å². The van der Waals surface area contributed by atoms with Gasteiger partial charge in [-0.3, -0.25) is 15.1 Å². The summed E-state index contributed by atoms with van der Waals surface area (Å²) in [4.78, 5) is 21.9. The van der Waals surface area contributed by atoms with Gasteiger partial charge in [0.15, 0.2) is 4.34 Å². The Morgan fingerprint density at radius 3 is 2.51 bits per heavy atom. The number of hydrogen-bond acceptors (Lipinski definition) is 7. The van der Waals surface area contributed by atoms with Crippen LogP contribution in [0.25, 0.3) is 10.2 Å². The molecular weight excluding hydrogens is 474 g/mol. The molecule has 6 rings (SSSR count). The van der Waals surface area contributed by atoms with E-state index < -0.39 is 0 Å². The highest BCUT2D eigenvalue weighted by atomic mass is 32.2. The van der Waals surface area contributed by atoms with E-state index in [1.165, 1.54) is 17.3 Å². The van der Waals surface area contributed by atoms with Crippen LogP contribution in [-0.4, -0.2) is 58.3 Å². The van der Waals surface area contributed by atoms with E-state index in [-0.39, 0.29) is 12.1 Å². The lowest BCUT2D eigenvalue weighted by atomic mass is 9.94. The Morgan fingerprint density at radius 1 is 0.943 bits per heavy atom. The molecule has 3 heterocycles. The summed E-state index contributed by atoms with van der Waals surface area (Å²) in [6.45, 7) is 3.04. The number of rotatable bonds is 5. The molecule has 1 aromatic heterocycles. The van der Waals surface area contributed by atoms with Crippen molar-refractivity contribution in [2.75, 3.05) is 31.9 Å². The first-order valence-electron chi connectivity index (χ1n) is 11.7. The second-order valence-corrected chi connectivity index (χ2v) is 10.9. The van der Waals surface area contributed by atoms with Gasteiger partial charge in [-0.15, -0.1) is 11.3 Å².